The second-order valence-corrected chi connectivity index (χ2v) is 7.84. The van der Waals surface area contributed by atoms with Crippen LogP contribution >= 0.6 is 0 Å². The van der Waals surface area contributed by atoms with Crippen molar-refractivity contribution in [2.45, 2.75) is 18.1 Å². The van der Waals surface area contributed by atoms with Crippen molar-refractivity contribution in [2.24, 2.45) is 0 Å². The molecule has 32 heavy (non-hydrogen) atoms. The molecule has 2 saturated heterocycles. The fourth-order valence-corrected chi connectivity index (χ4v) is 3.90. The molecule has 0 N–H and O–H groups in total. The molecule has 1 unspecified atom stereocenters. The van der Waals surface area contributed by atoms with E-state index in [1.807, 2.05) is 0 Å². The maximum Gasteiger partial charge on any atom is 0.437 e. The number of benzene rings is 2. The summed E-state index contributed by atoms with van der Waals surface area (Å²) in [6.07, 6.45) is -4.30. The zero-order valence-corrected chi connectivity index (χ0v) is 16.9. The molecule has 0 aliphatic carbocycles. The summed E-state index contributed by atoms with van der Waals surface area (Å²) in [5.41, 5.74) is -1.20. The minimum atomic E-state index is -4.17. The van der Waals surface area contributed by atoms with Crippen LogP contribution in [0.2, 0.25) is 0 Å². The molecule has 0 bridgehead atoms. The number of anilines is 1. The van der Waals surface area contributed by atoms with E-state index in [1.165, 1.54) is 35.2 Å². The SMILES string of the molecule is O=C(Cc1cccc(F)c1)N1CCOCC2(C1)CN(c1ccc(F)cc1)C(=O)C(F)(F)O2. The average molecular weight is 452 g/mol. The summed E-state index contributed by atoms with van der Waals surface area (Å²) >= 11 is 0. The van der Waals surface area contributed by atoms with Gasteiger partial charge in [-0.15, -0.1) is 0 Å². The lowest BCUT2D eigenvalue weighted by Gasteiger charge is -2.45. The van der Waals surface area contributed by atoms with E-state index < -0.39 is 35.2 Å². The van der Waals surface area contributed by atoms with Gasteiger partial charge in [0.05, 0.1) is 32.7 Å². The van der Waals surface area contributed by atoms with E-state index in [9.17, 15) is 27.2 Å². The van der Waals surface area contributed by atoms with Gasteiger partial charge in [0.1, 0.15) is 17.2 Å². The highest BCUT2D eigenvalue weighted by atomic mass is 19.3. The number of hydrogen-bond donors (Lipinski definition) is 0. The summed E-state index contributed by atoms with van der Waals surface area (Å²) in [6, 6.07) is 10.1. The number of hydrogen-bond acceptors (Lipinski definition) is 4. The molecule has 0 aromatic heterocycles. The summed E-state index contributed by atoms with van der Waals surface area (Å²) < 4.78 is 66.4. The van der Waals surface area contributed by atoms with Gasteiger partial charge in [0.15, 0.2) is 0 Å². The number of nitrogens with zero attached hydrogens (tertiary/aromatic N) is 2. The van der Waals surface area contributed by atoms with Crippen LogP contribution in [0, 0.1) is 11.6 Å². The third-order valence-electron chi connectivity index (χ3n) is 5.37. The minimum absolute atomic E-state index is 0.0700. The maximum absolute atomic E-state index is 14.6. The van der Waals surface area contributed by atoms with Gasteiger partial charge in [-0.3, -0.25) is 14.3 Å². The molecule has 0 radical (unpaired) electrons. The Morgan fingerprint density at radius 3 is 2.50 bits per heavy atom. The van der Waals surface area contributed by atoms with E-state index in [-0.39, 0.29) is 45.0 Å². The van der Waals surface area contributed by atoms with Crippen LogP contribution in [0.15, 0.2) is 48.5 Å². The van der Waals surface area contributed by atoms with Gasteiger partial charge in [-0.05, 0) is 42.0 Å². The molecule has 2 fully saturated rings. The van der Waals surface area contributed by atoms with E-state index in [2.05, 4.69) is 0 Å². The van der Waals surface area contributed by atoms with Crippen LogP contribution < -0.4 is 4.90 Å². The number of carbonyl (C=O) groups excluding carboxylic acids is 2. The number of ether oxygens (including phenoxy) is 2. The number of alkyl halides is 2. The molecule has 1 spiro atoms. The molecular formula is C22H20F4N2O4. The Morgan fingerprint density at radius 1 is 1.03 bits per heavy atom. The quantitative estimate of drug-likeness (QED) is 0.673. The Morgan fingerprint density at radius 2 is 1.78 bits per heavy atom. The van der Waals surface area contributed by atoms with Crippen molar-refractivity contribution in [3.63, 3.8) is 0 Å². The summed E-state index contributed by atoms with van der Waals surface area (Å²) in [4.78, 5) is 27.3. The van der Waals surface area contributed by atoms with Gasteiger partial charge in [0.2, 0.25) is 5.91 Å². The Bertz CT molecular complexity index is 1020. The first kappa shape index (κ1) is 22.2. The highest BCUT2D eigenvalue weighted by Crippen LogP contribution is 2.37. The van der Waals surface area contributed by atoms with Crippen LogP contribution in [0.3, 0.4) is 0 Å². The van der Waals surface area contributed by atoms with Gasteiger partial charge >= 0.3 is 12.0 Å². The second kappa shape index (κ2) is 8.51. The highest BCUT2D eigenvalue weighted by molar-refractivity contribution is 5.98. The number of rotatable bonds is 3. The average Bonchev–Trinajstić information content (AvgIpc) is 2.94. The molecule has 170 valence electrons. The lowest BCUT2D eigenvalue weighted by atomic mass is 10.00. The maximum atomic E-state index is 14.6. The molecule has 2 aliphatic heterocycles. The highest BCUT2D eigenvalue weighted by Gasteiger charge is 2.58. The van der Waals surface area contributed by atoms with E-state index in [1.54, 1.807) is 6.07 Å². The molecule has 2 heterocycles. The zero-order chi connectivity index (χ0) is 22.9. The van der Waals surface area contributed by atoms with Gasteiger partial charge in [0.25, 0.3) is 0 Å². The number of morpholine rings is 1. The molecular weight excluding hydrogens is 432 g/mol. The molecule has 2 aromatic rings. The Balaban J connectivity index is 1.59. The topological polar surface area (TPSA) is 59.1 Å². The van der Waals surface area contributed by atoms with Crippen molar-refractivity contribution in [3.05, 3.63) is 65.7 Å². The first-order valence-corrected chi connectivity index (χ1v) is 9.93. The van der Waals surface area contributed by atoms with Crippen LogP contribution in [0.4, 0.5) is 23.2 Å². The van der Waals surface area contributed by atoms with Crippen molar-refractivity contribution < 1.29 is 36.6 Å². The van der Waals surface area contributed by atoms with Crippen molar-refractivity contribution in [1.29, 1.82) is 0 Å². The Kier molecular flexibility index (Phi) is 5.91. The zero-order valence-electron chi connectivity index (χ0n) is 16.9. The summed E-state index contributed by atoms with van der Waals surface area (Å²) in [5, 5.41) is 0. The molecule has 10 heteroatoms. The van der Waals surface area contributed by atoms with Gasteiger partial charge in [-0.25, -0.2) is 8.78 Å². The third-order valence-corrected chi connectivity index (χ3v) is 5.37. The van der Waals surface area contributed by atoms with Gasteiger partial charge < -0.3 is 14.5 Å². The Hall–Kier alpha value is -2.98. The predicted molar refractivity (Wildman–Crippen MR) is 105 cm³/mol. The van der Waals surface area contributed by atoms with Crippen LogP contribution in [-0.2, 0) is 25.5 Å². The van der Waals surface area contributed by atoms with Crippen molar-refractivity contribution >= 4 is 17.5 Å². The molecule has 2 aromatic carbocycles. The third kappa shape index (κ3) is 4.61. The van der Waals surface area contributed by atoms with Crippen molar-refractivity contribution in [3.8, 4) is 0 Å². The number of halogens is 4. The van der Waals surface area contributed by atoms with Crippen LogP contribution in [0.1, 0.15) is 5.56 Å². The van der Waals surface area contributed by atoms with Gasteiger partial charge in [-0.1, -0.05) is 12.1 Å². The normalized spacial score (nSPS) is 23.3. The molecule has 4 rings (SSSR count). The Labute approximate surface area is 181 Å². The first-order valence-electron chi connectivity index (χ1n) is 9.93. The van der Waals surface area contributed by atoms with Gasteiger partial charge in [-0.2, -0.15) is 8.78 Å². The molecule has 2 amide bonds. The van der Waals surface area contributed by atoms with Gasteiger partial charge in [0, 0.05) is 12.2 Å². The van der Waals surface area contributed by atoms with Crippen molar-refractivity contribution in [2.75, 3.05) is 37.7 Å². The molecule has 1 atom stereocenters. The second-order valence-electron chi connectivity index (χ2n) is 7.84. The fourth-order valence-electron chi connectivity index (χ4n) is 3.90. The lowest BCUT2D eigenvalue weighted by Crippen LogP contribution is -2.66. The number of amides is 2. The summed E-state index contributed by atoms with van der Waals surface area (Å²) in [6.45, 7) is -0.665. The van der Waals surface area contributed by atoms with Crippen LogP contribution in [0.25, 0.3) is 0 Å². The first-order chi connectivity index (χ1) is 15.2. The van der Waals surface area contributed by atoms with Crippen LogP contribution in [0.5, 0.6) is 0 Å². The van der Waals surface area contributed by atoms with Crippen molar-refractivity contribution in [1.82, 2.24) is 4.90 Å². The fraction of sp³-hybridized carbons (Fsp3) is 0.364. The smallest absolute Gasteiger partial charge is 0.376 e. The largest absolute Gasteiger partial charge is 0.437 e. The lowest BCUT2D eigenvalue weighted by molar-refractivity contribution is -0.293. The summed E-state index contributed by atoms with van der Waals surface area (Å²) in [5.74, 6) is -3.08. The van der Waals surface area contributed by atoms with E-state index in [0.717, 1.165) is 17.0 Å². The van der Waals surface area contributed by atoms with E-state index in [0.29, 0.717) is 5.56 Å². The predicted octanol–water partition coefficient (Wildman–Crippen LogP) is 2.76. The molecule has 2 aliphatic rings. The van der Waals surface area contributed by atoms with E-state index >= 15 is 0 Å². The summed E-state index contributed by atoms with van der Waals surface area (Å²) in [7, 11) is 0. The molecule has 6 nitrogen and oxygen atoms in total. The minimum Gasteiger partial charge on any atom is -0.376 e. The van der Waals surface area contributed by atoms with E-state index in [4.69, 9.17) is 9.47 Å². The standard InChI is InChI=1S/C22H20F4N2O4/c23-16-4-6-18(7-5-16)28-13-21(32-22(25,26)20(28)30)12-27(8-9-31-14-21)19(29)11-15-2-1-3-17(24)10-15/h1-7,10H,8-9,11-14H2. The monoisotopic (exact) mass is 452 g/mol. The number of carbonyl (C=O) groups is 2. The molecule has 0 saturated carbocycles. The van der Waals surface area contributed by atoms with Crippen LogP contribution in [-0.4, -0.2) is 61.3 Å².